The van der Waals surface area contributed by atoms with E-state index in [1.54, 1.807) is 0 Å². The molecule has 0 rings (SSSR count). The maximum absolute atomic E-state index is 10.9. The normalized spacial score (nSPS) is 12.0. The van der Waals surface area contributed by atoms with Crippen LogP contribution in [0.5, 0.6) is 0 Å². The highest BCUT2D eigenvalue weighted by atomic mass is 19.4. The van der Waals surface area contributed by atoms with Crippen LogP contribution in [0.2, 0.25) is 0 Å². The minimum atomic E-state index is -4.24. The van der Waals surface area contributed by atoms with Crippen molar-refractivity contribution in [2.24, 2.45) is 5.84 Å². The first-order valence-corrected chi connectivity index (χ1v) is 1.49. The summed E-state index contributed by atoms with van der Waals surface area (Å²) >= 11 is 0. The molecule has 0 atom stereocenters. The van der Waals surface area contributed by atoms with Gasteiger partial charge in [0.05, 0.1) is 0 Å². The number of halogens is 3. The Hall–Kier alpha value is -0.290. The average Bonchev–Trinajstić information content (AvgIpc) is 1.30. The first-order valence-electron chi connectivity index (χ1n) is 1.49. The van der Waals surface area contributed by atoms with E-state index in [1.165, 1.54) is 0 Å². The van der Waals surface area contributed by atoms with E-state index in [-0.39, 0.29) is 0 Å². The Balaban J connectivity index is 3.15. The van der Waals surface area contributed by atoms with Crippen molar-refractivity contribution in [1.29, 1.82) is 0 Å². The first kappa shape index (κ1) is 6.71. The number of alkyl halides is 3. The van der Waals surface area contributed by atoms with Crippen LogP contribution in [0.3, 0.4) is 0 Å². The van der Waals surface area contributed by atoms with Gasteiger partial charge >= 0.3 is 6.18 Å². The largest absolute Gasteiger partial charge is 0.404 e. The van der Waals surface area contributed by atoms with Crippen molar-refractivity contribution in [2.45, 2.75) is 6.18 Å². The maximum Gasteiger partial charge on any atom is 0.404 e. The van der Waals surface area contributed by atoms with Gasteiger partial charge in [-0.05, 0) is 0 Å². The summed E-state index contributed by atoms with van der Waals surface area (Å²) in [4.78, 5) is 0. The van der Waals surface area contributed by atoms with Crippen LogP contribution < -0.4 is 11.3 Å². The minimum absolute atomic E-state index is 1.26. The Morgan fingerprint density at radius 1 is 1.43 bits per heavy atom. The first-order chi connectivity index (χ1) is 3.06. The Kier molecular flexibility index (Phi) is 2.04. The summed E-state index contributed by atoms with van der Waals surface area (Å²) in [5, 5.41) is 0. The Bertz CT molecular complexity index is 49.4. The number of hydrogen-bond donors (Lipinski definition) is 1. The summed E-state index contributed by atoms with van der Waals surface area (Å²) in [5.41, 5.74) is 2.38. The molecule has 0 aromatic carbocycles. The summed E-state index contributed by atoms with van der Waals surface area (Å²) in [6, 6.07) is 0. The third-order valence-electron chi connectivity index (χ3n) is 0.271. The lowest BCUT2D eigenvalue weighted by Gasteiger charge is -1.99. The molecule has 5 heteroatoms. The van der Waals surface area contributed by atoms with Crippen LogP contribution in [0.4, 0.5) is 13.2 Å². The second-order valence-corrected chi connectivity index (χ2v) is 0.956. The molecule has 0 unspecified atom stereocenters. The van der Waals surface area contributed by atoms with E-state index >= 15 is 0 Å². The molecule has 0 fully saturated rings. The van der Waals surface area contributed by atoms with E-state index in [2.05, 4.69) is 11.3 Å². The number of nitrogens with two attached hydrogens (primary N) is 1. The summed E-state index contributed by atoms with van der Waals surface area (Å²) < 4.78 is 32.6. The van der Waals surface area contributed by atoms with E-state index in [4.69, 9.17) is 0 Å². The van der Waals surface area contributed by atoms with E-state index in [0.717, 1.165) is 0 Å². The molecular formula is C2H4F3N2. The molecule has 0 aliphatic rings. The second-order valence-electron chi connectivity index (χ2n) is 0.956. The van der Waals surface area contributed by atoms with Crippen LogP contribution in [-0.4, -0.2) is 12.7 Å². The topological polar surface area (TPSA) is 40.1 Å². The molecule has 2 N–H and O–H groups in total. The molecular weight excluding hydrogens is 109 g/mol. The van der Waals surface area contributed by atoms with Crippen molar-refractivity contribution in [3.8, 4) is 0 Å². The molecule has 0 amide bonds. The van der Waals surface area contributed by atoms with Gasteiger partial charge in [-0.2, -0.15) is 18.6 Å². The van der Waals surface area contributed by atoms with Crippen molar-refractivity contribution in [2.75, 3.05) is 6.54 Å². The van der Waals surface area contributed by atoms with Gasteiger partial charge in [-0.25, -0.2) is 0 Å². The van der Waals surface area contributed by atoms with Gasteiger partial charge in [-0.3, -0.25) is 5.84 Å². The second kappa shape index (κ2) is 2.13. The van der Waals surface area contributed by atoms with Crippen LogP contribution >= 0.6 is 0 Å². The van der Waals surface area contributed by atoms with Crippen molar-refractivity contribution >= 4 is 0 Å². The molecule has 0 bridgehead atoms. The zero-order valence-electron chi connectivity index (χ0n) is 3.37. The van der Waals surface area contributed by atoms with E-state index in [9.17, 15) is 13.2 Å². The zero-order chi connectivity index (χ0) is 5.91. The molecule has 0 aliphatic heterocycles. The highest BCUT2D eigenvalue weighted by Crippen LogP contribution is 2.11. The molecule has 0 aliphatic carbocycles. The molecule has 0 saturated carbocycles. The number of rotatable bonds is 1. The maximum atomic E-state index is 10.9. The van der Waals surface area contributed by atoms with Gasteiger partial charge in [0, 0.05) is 0 Å². The van der Waals surface area contributed by atoms with Crippen molar-refractivity contribution < 1.29 is 13.2 Å². The smallest absolute Gasteiger partial charge is 0.253 e. The van der Waals surface area contributed by atoms with Gasteiger partial charge < -0.3 is 0 Å². The van der Waals surface area contributed by atoms with E-state index in [1.807, 2.05) is 0 Å². The van der Waals surface area contributed by atoms with Gasteiger partial charge in [0.1, 0.15) is 6.54 Å². The Labute approximate surface area is 38.5 Å². The minimum Gasteiger partial charge on any atom is -0.253 e. The molecule has 1 radical (unpaired) electrons. The van der Waals surface area contributed by atoms with E-state index in [0.29, 0.717) is 0 Å². The molecule has 0 saturated heterocycles. The van der Waals surface area contributed by atoms with Crippen LogP contribution in [0, 0.1) is 0 Å². The molecule has 0 heterocycles. The lowest BCUT2D eigenvalue weighted by atomic mass is 10.7. The van der Waals surface area contributed by atoms with Crippen LogP contribution in [0.1, 0.15) is 0 Å². The molecule has 0 spiro atoms. The third-order valence-corrected chi connectivity index (χ3v) is 0.271. The highest BCUT2D eigenvalue weighted by molar-refractivity contribution is 4.47. The highest BCUT2D eigenvalue weighted by Gasteiger charge is 2.26. The monoisotopic (exact) mass is 113 g/mol. The summed E-state index contributed by atoms with van der Waals surface area (Å²) in [6.07, 6.45) is -4.24. The summed E-state index contributed by atoms with van der Waals surface area (Å²) in [7, 11) is 0. The predicted octanol–water partition coefficient (Wildman–Crippen LogP) is 0.0268. The van der Waals surface area contributed by atoms with Crippen molar-refractivity contribution in [1.82, 2.24) is 5.43 Å². The summed E-state index contributed by atoms with van der Waals surface area (Å²) in [6.45, 7) is -1.26. The fourth-order valence-corrected chi connectivity index (χ4v) is 0.104. The van der Waals surface area contributed by atoms with Crippen LogP contribution in [-0.2, 0) is 0 Å². The molecule has 0 aromatic heterocycles. The SMILES string of the molecule is N[N]CC(F)(F)F. The average molecular weight is 113 g/mol. The summed E-state index contributed by atoms with van der Waals surface area (Å²) in [5.74, 6) is 4.22. The molecule has 0 aromatic rings. The van der Waals surface area contributed by atoms with Crippen LogP contribution in [0.25, 0.3) is 0 Å². The van der Waals surface area contributed by atoms with E-state index < -0.39 is 12.7 Å². The standard InChI is InChI=1S/C2H4F3N2/c3-2(4,5)1-7-6/h1,6H2. The fraction of sp³-hybridized carbons (Fsp3) is 1.00. The fourth-order valence-electron chi connectivity index (χ4n) is 0.104. The van der Waals surface area contributed by atoms with Gasteiger partial charge in [0.2, 0.25) is 0 Å². The van der Waals surface area contributed by atoms with Gasteiger partial charge in [0.15, 0.2) is 0 Å². The quantitative estimate of drug-likeness (QED) is 0.378. The Morgan fingerprint density at radius 3 is 1.86 bits per heavy atom. The van der Waals surface area contributed by atoms with Gasteiger partial charge in [0.25, 0.3) is 0 Å². The van der Waals surface area contributed by atoms with Gasteiger partial charge in [-0.15, -0.1) is 0 Å². The number of nitrogens with zero attached hydrogens (tertiary/aromatic N) is 1. The predicted molar refractivity (Wildman–Crippen MR) is 17.2 cm³/mol. The van der Waals surface area contributed by atoms with Crippen molar-refractivity contribution in [3.63, 3.8) is 0 Å². The van der Waals surface area contributed by atoms with Gasteiger partial charge in [-0.1, -0.05) is 0 Å². The Morgan fingerprint density at radius 2 is 1.86 bits per heavy atom. The van der Waals surface area contributed by atoms with Crippen molar-refractivity contribution in [3.05, 3.63) is 0 Å². The zero-order valence-corrected chi connectivity index (χ0v) is 3.37. The number of hydrogen-bond acceptors (Lipinski definition) is 1. The third kappa shape index (κ3) is 5.71. The molecule has 2 nitrogen and oxygen atoms in total. The van der Waals surface area contributed by atoms with Crippen LogP contribution in [0.15, 0.2) is 0 Å². The lowest BCUT2D eigenvalue weighted by molar-refractivity contribution is -0.125. The molecule has 43 valence electrons. The molecule has 7 heavy (non-hydrogen) atoms. The lowest BCUT2D eigenvalue weighted by Crippen LogP contribution is -2.27.